The van der Waals surface area contributed by atoms with Crippen LogP contribution in [0.4, 0.5) is 0 Å². The average molecular weight is 710 g/mol. The van der Waals surface area contributed by atoms with Crippen LogP contribution in [0.1, 0.15) is 82.7 Å². The maximum atomic E-state index is 8.38. The average Bonchev–Trinajstić information content (AvgIpc) is 3.70. The van der Waals surface area contributed by atoms with E-state index in [1.165, 1.54) is 66.8 Å². The Kier molecular flexibility index (Phi) is 9.64. The van der Waals surface area contributed by atoms with E-state index in [0.717, 1.165) is 16.7 Å². The first-order chi connectivity index (χ1) is 26.9. The van der Waals surface area contributed by atoms with E-state index in [-0.39, 0.29) is 0 Å². The van der Waals surface area contributed by atoms with Gasteiger partial charge in [0.15, 0.2) is 0 Å². The summed E-state index contributed by atoms with van der Waals surface area (Å²) in [7, 11) is 0. The van der Waals surface area contributed by atoms with Crippen LogP contribution in [-0.4, -0.2) is 5.71 Å². The minimum Gasteiger partial charge on any atom is -0.305 e. The molecule has 0 fully saturated rings. The number of aryl methyl sites for hydroxylation is 1. The van der Waals surface area contributed by atoms with Crippen LogP contribution in [0.15, 0.2) is 189 Å². The Hall–Kier alpha value is -6.31. The fraction of sp³-hybridized carbons (Fsp3) is 0.130. The number of allylic oxidation sites excluding steroid dienone is 3. The van der Waals surface area contributed by atoms with E-state index >= 15 is 0 Å². The third kappa shape index (κ3) is 6.01. The zero-order valence-electron chi connectivity index (χ0n) is 32.2. The lowest BCUT2D eigenvalue weighted by Gasteiger charge is -2.33. The van der Waals surface area contributed by atoms with Crippen LogP contribution in [0.2, 0.25) is 0 Å². The molecule has 0 heterocycles. The van der Waals surface area contributed by atoms with Crippen molar-refractivity contribution >= 4 is 16.9 Å². The van der Waals surface area contributed by atoms with Crippen molar-refractivity contribution in [3.05, 3.63) is 239 Å². The first-order valence-corrected chi connectivity index (χ1v) is 19.4. The fourth-order valence-corrected chi connectivity index (χ4v) is 9.09. The Balaban J connectivity index is 0.000000224. The van der Waals surface area contributed by atoms with Crippen LogP contribution in [0.25, 0.3) is 33.4 Å². The maximum Gasteiger partial charge on any atom is 0.0731 e. The molecular formula is C54H47N. The predicted molar refractivity (Wildman–Crippen MR) is 234 cm³/mol. The first-order valence-electron chi connectivity index (χ1n) is 19.4. The smallest absolute Gasteiger partial charge is 0.0731 e. The molecule has 1 spiro atoms. The summed E-state index contributed by atoms with van der Waals surface area (Å²) < 4.78 is 0. The van der Waals surface area contributed by atoms with Gasteiger partial charge in [-0.25, -0.2) is 0 Å². The van der Waals surface area contributed by atoms with Crippen molar-refractivity contribution in [2.75, 3.05) is 0 Å². The molecule has 2 aliphatic carbocycles. The molecule has 1 nitrogen and oxygen atoms in total. The monoisotopic (exact) mass is 709 g/mol. The molecule has 0 bridgehead atoms. The SMILES string of the molecule is C=CC1=C(c2ccccc2C)C2(c3ccccc31)c1ccccc1-c1cc(-c3ccccc3C(C)=N)ccc12.CC(c1ccccc1)C(C)c1ccccc1. The van der Waals surface area contributed by atoms with Gasteiger partial charge < -0.3 is 5.41 Å². The Morgan fingerprint density at radius 2 is 1.00 bits per heavy atom. The zero-order chi connectivity index (χ0) is 38.1. The van der Waals surface area contributed by atoms with E-state index < -0.39 is 5.41 Å². The Morgan fingerprint density at radius 1 is 0.527 bits per heavy atom. The molecule has 7 aromatic rings. The molecule has 3 atom stereocenters. The second-order valence-corrected chi connectivity index (χ2v) is 15.0. The van der Waals surface area contributed by atoms with Crippen molar-refractivity contribution in [1.82, 2.24) is 0 Å². The summed E-state index contributed by atoms with van der Waals surface area (Å²) in [5, 5.41) is 8.38. The Bertz CT molecular complexity index is 2530. The molecule has 1 heteroatoms. The van der Waals surface area contributed by atoms with E-state index in [4.69, 9.17) is 5.41 Å². The summed E-state index contributed by atoms with van der Waals surface area (Å²) in [6.45, 7) is 13.0. The normalized spacial score (nSPS) is 16.0. The third-order valence-corrected chi connectivity index (χ3v) is 12.0. The molecule has 0 amide bonds. The van der Waals surface area contributed by atoms with Gasteiger partial charge >= 0.3 is 0 Å². The van der Waals surface area contributed by atoms with Gasteiger partial charge in [-0.2, -0.15) is 0 Å². The van der Waals surface area contributed by atoms with Crippen LogP contribution in [0.3, 0.4) is 0 Å². The first kappa shape index (κ1) is 35.7. The molecule has 2 aliphatic rings. The molecule has 0 aromatic heterocycles. The van der Waals surface area contributed by atoms with Gasteiger partial charge in [0, 0.05) is 11.3 Å². The number of hydrogen-bond donors (Lipinski definition) is 1. The second kappa shape index (κ2) is 14.8. The van der Waals surface area contributed by atoms with Crippen molar-refractivity contribution < 1.29 is 0 Å². The lowest BCUT2D eigenvalue weighted by molar-refractivity contribution is 0.624. The number of nitrogens with one attached hydrogen (secondary N) is 1. The highest BCUT2D eigenvalue weighted by Crippen LogP contribution is 2.65. The number of hydrogen-bond acceptors (Lipinski definition) is 1. The standard InChI is InChI=1S/C38H29N.C16H18/c1-4-27-31-17-9-11-19-34(31)38(37(27)28-14-6-5-13-24(28)2)35-20-12-10-18-32(35)33-23-26(21-22-36(33)38)30-16-8-7-15-29(30)25(3)39;1-13(15-9-5-3-6-10-15)14(2)16-11-7-4-8-12-16/h4-23,39H,1H2,2-3H3;3-14H,1-2H3. The molecule has 7 aromatic carbocycles. The van der Waals surface area contributed by atoms with E-state index in [9.17, 15) is 0 Å². The Morgan fingerprint density at radius 3 is 1.58 bits per heavy atom. The summed E-state index contributed by atoms with van der Waals surface area (Å²) in [6.07, 6.45) is 2.05. The molecule has 0 radical (unpaired) electrons. The van der Waals surface area contributed by atoms with E-state index in [1.54, 1.807) is 0 Å². The molecule has 0 saturated heterocycles. The topological polar surface area (TPSA) is 23.9 Å². The minimum absolute atomic E-state index is 0.437. The van der Waals surface area contributed by atoms with Gasteiger partial charge in [0.2, 0.25) is 0 Å². The van der Waals surface area contributed by atoms with Crippen molar-refractivity contribution in [3.63, 3.8) is 0 Å². The highest BCUT2D eigenvalue weighted by Gasteiger charge is 2.53. The van der Waals surface area contributed by atoms with E-state index in [0.29, 0.717) is 17.5 Å². The highest BCUT2D eigenvalue weighted by atomic mass is 14.5. The summed E-state index contributed by atoms with van der Waals surface area (Å²) >= 11 is 0. The number of benzene rings is 7. The summed E-state index contributed by atoms with van der Waals surface area (Å²) in [6, 6.07) is 63.1. The molecule has 0 aliphatic heterocycles. The second-order valence-electron chi connectivity index (χ2n) is 15.0. The van der Waals surface area contributed by atoms with Gasteiger partial charge in [-0.05, 0) is 110 Å². The third-order valence-electron chi connectivity index (χ3n) is 12.0. The highest BCUT2D eigenvalue weighted by molar-refractivity contribution is 6.12. The number of rotatable bonds is 7. The molecular weight excluding hydrogens is 663 g/mol. The van der Waals surface area contributed by atoms with Crippen molar-refractivity contribution in [2.24, 2.45) is 0 Å². The minimum atomic E-state index is -0.437. The van der Waals surface area contributed by atoms with Crippen LogP contribution in [0, 0.1) is 12.3 Å². The van der Waals surface area contributed by atoms with Gasteiger partial charge in [0.1, 0.15) is 0 Å². The van der Waals surface area contributed by atoms with Gasteiger partial charge in [-0.3, -0.25) is 0 Å². The van der Waals surface area contributed by atoms with Crippen molar-refractivity contribution in [2.45, 2.75) is 44.9 Å². The summed E-state index contributed by atoms with van der Waals surface area (Å²) in [5.74, 6) is 1.12. The quantitative estimate of drug-likeness (QED) is 0.159. The van der Waals surface area contributed by atoms with Crippen LogP contribution in [0.5, 0.6) is 0 Å². The van der Waals surface area contributed by atoms with Crippen LogP contribution < -0.4 is 0 Å². The van der Waals surface area contributed by atoms with E-state index in [2.05, 4.69) is 191 Å². The van der Waals surface area contributed by atoms with Gasteiger partial charge in [0.05, 0.1) is 5.41 Å². The van der Waals surface area contributed by atoms with Gasteiger partial charge in [-0.1, -0.05) is 196 Å². The molecule has 1 N–H and O–H groups in total. The van der Waals surface area contributed by atoms with Gasteiger partial charge in [0.25, 0.3) is 0 Å². The zero-order valence-corrected chi connectivity index (χ0v) is 32.2. The van der Waals surface area contributed by atoms with Crippen molar-refractivity contribution in [1.29, 1.82) is 5.41 Å². The van der Waals surface area contributed by atoms with Crippen LogP contribution >= 0.6 is 0 Å². The molecule has 0 saturated carbocycles. The van der Waals surface area contributed by atoms with Crippen LogP contribution in [-0.2, 0) is 5.41 Å². The molecule has 3 unspecified atom stereocenters. The number of fused-ring (bicyclic) bond motifs is 7. The van der Waals surface area contributed by atoms with Crippen molar-refractivity contribution in [3.8, 4) is 22.3 Å². The summed E-state index contributed by atoms with van der Waals surface area (Å²) in [4.78, 5) is 0. The maximum absolute atomic E-state index is 8.38. The Labute approximate surface area is 326 Å². The molecule has 55 heavy (non-hydrogen) atoms. The van der Waals surface area contributed by atoms with Gasteiger partial charge in [-0.15, -0.1) is 0 Å². The lowest BCUT2D eigenvalue weighted by Crippen LogP contribution is -2.27. The largest absolute Gasteiger partial charge is 0.305 e. The molecule has 9 rings (SSSR count). The predicted octanol–water partition coefficient (Wildman–Crippen LogP) is 14.1. The molecule has 268 valence electrons. The lowest BCUT2D eigenvalue weighted by atomic mass is 9.67. The summed E-state index contributed by atoms with van der Waals surface area (Å²) in [5.41, 5.74) is 18.9. The van der Waals surface area contributed by atoms with E-state index in [1.807, 2.05) is 25.1 Å². The fourth-order valence-electron chi connectivity index (χ4n) is 9.09.